The van der Waals surface area contributed by atoms with Crippen LogP contribution in [0.4, 0.5) is 11.4 Å². The van der Waals surface area contributed by atoms with Gasteiger partial charge in [0.2, 0.25) is 0 Å². The molecule has 1 saturated heterocycles. The maximum atomic E-state index is 4.91. The van der Waals surface area contributed by atoms with Gasteiger partial charge in [-0.2, -0.15) is 5.10 Å². The van der Waals surface area contributed by atoms with Crippen LogP contribution in [0.3, 0.4) is 0 Å². The Kier molecular flexibility index (Phi) is 4.16. The fourth-order valence-electron chi connectivity index (χ4n) is 3.63. The van der Waals surface area contributed by atoms with Crippen molar-refractivity contribution in [1.82, 2.24) is 24.5 Å². The summed E-state index contributed by atoms with van der Waals surface area (Å²) < 4.78 is 1.99. The minimum absolute atomic E-state index is 0.626. The lowest BCUT2D eigenvalue weighted by Gasteiger charge is -2.34. The first-order chi connectivity index (χ1) is 13.3. The zero-order chi connectivity index (χ0) is 18.2. The molecule has 1 aliphatic carbocycles. The van der Waals surface area contributed by atoms with Gasteiger partial charge in [-0.25, -0.2) is 9.50 Å². The van der Waals surface area contributed by atoms with Crippen molar-refractivity contribution in [3.8, 4) is 0 Å². The molecular weight excluding hydrogens is 338 g/mol. The third-order valence-electron chi connectivity index (χ3n) is 5.47. The molecule has 2 aliphatic rings. The maximum Gasteiger partial charge on any atom is 0.177 e. The summed E-state index contributed by atoms with van der Waals surface area (Å²) in [5, 5.41) is 8.28. The summed E-state index contributed by atoms with van der Waals surface area (Å²) in [6.07, 6.45) is 8.16. The second kappa shape index (κ2) is 6.81. The number of likely N-dealkylation sites (N-methyl/N-ethyl adjacent to an activating group) is 1. The van der Waals surface area contributed by atoms with E-state index in [-0.39, 0.29) is 0 Å². The van der Waals surface area contributed by atoms with Gasteiger partial charge in [-0.05, 0) is 38.1 Å². The normalized spacial score (nSPS) is 18.2. The molecule has 0 aromatic carbocycles. The van der Waals surface area contributed by atoms with Gasteiger partial charge in [-0.1, -0.05) is 0 Å². The van der Waals surface area contributed by atoms with E-state index in [4.69, 9.17) is 10.1 Å². The van der Waals surface area contributed by atoms with Crippen LogP contribution in [-0.4, -0.2) is 57.7 Å². The second-order valence-corrected chi connectivity index (χ2v) is 7.61. The standard InChI is InChI=1S/C20H25N7/c1-25-8-10-26(11-9-25)19-12-18(15-2-3-15)24-27-14-17(23-20(19)27)13-22-16-4-6-21-7-5-16/h4-7,12,14-15H,2-3,8-11,13H2,1H3,(H,21,22). The summed E-state index contributed by atoms with van der Waals surface area (Å²) in [5.41, 5.74) is 5.46. The van der Waals surface area contributed by atoms with Crippen LogP contribution in [0, 0.1) is 0 Å². The van der Waals surface area contributed by atoms with Crippen molar-refractivity contribution in [3.05, 3.63) is 48.2 Å². The molecule has 1 aliphatic heterocycles. The fraction of sp³-hybridized carbons (Fsp3) is 0.450. The lowest BCUT2D eigenvalue weighted by molar-refractivity contribution is 0.313. The van der Waals surface area contributed by atoms with E-state index >= 15 is 0 Å². The number of pyridine rings is 1. The number of anilines is 2. The Bertz CT molecular complexity index is 924. The van der Waals surface area contributed by atoms with Crippen LogP contribution in [0.5, 0.6) is 0 Å². The SMILES string of the molecule is CN1CCN(c2cc(C3CC3)nn3cc(CNc4ccncc4)nc23)CC1. The van der Waals surface area contributed by atoms with E-state index in [0.717, 1.165) is 43.2 Å². The molecule has 0 bridgehead atoms. The number of piperazine rings is 1. The predicted molar refractivity (Wildman–Crippen MR) is 106 cm³/mol. The van der Waals surface area contributed by atoms with E-state index in [1.54, 1.807) is 12.4 Å². The molecule has 1 N–H and O–H groups in total. The average molecular weight is 363 g/mol. The van der Waals surface area contributed by atoms with Crippen molar-refractivity contribution < 1.29 is 0 Å². The van der Waals surface area contributed by atoms with Crippen molar-refractivity contribution in [2.45, 2.75) is 25.3 Å². The molecular formula is C20H25N7. The maximum absolute atomic E-state index is 4.91. The Balaban J connectivity index is 1.45. The van der Waals surface area contributed by atoms with Crippen LogP contribution in [0.2, 0.25) is 0 Å². The number of rotatable bonds is 5. The molecule has 3 aromatic rings. The number of nitrogens with zero attached hydrogens (tertiary/aromatic N) is 6. The minimum atomic E-state index is 0.626. The molecule has 2 fully saturated rings. The second-order valence-electron chi connectivity index (χ2n) is 7.61. The molecule has 7 nitrogen and oxygen atoms in total. The Hall–Kier alpha value is -2.67. The summed E-state index contributed by atoms with van der Waals surface area (Å²) in [4.78, 5) is 13.8. The smallest absolute Gasteiger partial charge is 0.177 e. The van der Waals surface area contributed by atoms with Crippen molar-refractivity contribution in [2.75, 3.05) is 43.4 Å². The highest BCUT2D eigenvalue weighted by Crippen LogP contribution is 2.40. The van der Waals surface area contributed by atoms with Gasteiger partial charge in [0.05, 0.1) is 29.8 Å². The Labute approximate surface area is 159 Å². The van der Waals surface area contributed by atoms with Crippen molar-refractivity contribution in [3.63, 3.8) is 0 Å². The summed E-state index contributed by atoms with van der Waals surface area (Å²) in [6, 6.07) is 6.22. The van der Waals surface area contributed by atoms with Gasteiger partial charge >= 0.3 is 0 Å². The lowest BCUT2D eigenvalue weighted by Crippen LogP contribution is -2.44. The quantitative estimate of drug-likeness (QED) is 0.751. The topological polar surface area (TPSA) is 61.6 Å². The third-order valence-corrected chi connectivity index (χ3v) is 5.47. The molecule has 0 atom stereocenters. The van der Waals surface area contributed by atoms with Crippen molar-refractivity contribution in [1.29, 1.82) is 0 Å². The monoisotopic (exact) mass is 363 g/mol. The van der Waals surface area contributed by atoms with E-state index in [2.05, 4.69) is 39.4 Å². The van der Waals surface area contributed by atoms with Crippen LogP contribution >= 0.6 is 0 Å². The highest BCUT2D eigenvalue weighted by molar-refractivity contribution is 5.70. The Morgan fingerprint density at radius 3 is 2.63 bits per heavy atom. The molecule has 0 amide bonds. The van der Waals surface area contributed by atoms with E-state index in [1.165, 1.54) is 24.2 Å². The van der Waals surface area contributed by atoms with Crippen LogP contribution in [0.15, 0.2) is 36.8 Å². The largest absolute Gasteiger partial charge is 0.379 e. The van der Waals surface area contributed by atoms with E-state index in [0.29, 0.717) is 12.5 Å². The Morgan fingerprint density at radius 2 is 1.89 bits per heavy atom. The number of hydrogen-bond donors (Lipinski definition) is 1. The van der Waals surface area contributed by atoms with Gasteiger partial charge in [0.15, 0.2) is 5.65 Å². The molecule has 140 valence electrons. The average Bonchev–Trinajstić information content (AvgIpc) is 3.47. The van der Waals surface area contributed by atoms with E-state index < -0.39 is 0 Å². The Morgan fingerprint density at radius 1 is 1.11 bits per heavy atom. The number of hydrogen-bond acceptors (Lipinski definition) is 6. The molecule has 0 spiro atoms. The van der Waals surface area contributed by atoms with Gasteiger partial charge in [0, 0.05) is 50.2 Å². The van der Waals surface area contributed by atoms with Crippen molar-refractivity contribution >= 4 is 17.0 Å². The molecule has 5 rings (SSSR count). The van der Waals surface area contributed by atoms with Crippen LogP contribution in [0.1, 0.15) is 30.1 Å². The fourth-order valence-corrected chi connectivity index (χ4v) is 3.63. The number of aromatic nitrogens is 4. The molecule has 0 unspecified atom stereocenters. The van der Waals surface area contributed by atoms with Gasteiger partial charge < -0.3 is 15.1 Å². The van der Waals surface area contributed by atoms with Crippen LogP contribution in [0.25, 0.3) is 5.65 Å². The first-order valence-electron chi connectivity index (χ1n) is 9.73. The molecule has 0 radical (unpaired) electrons. The predicted octanol–water partition coefficient (Wildman–Crippen LogP) is 2.37. The number of imidazole rings is 1. The summed E-state index contributed by atoms with van der Waals surface area (Å²) in [5.74, 6) is 0.626. The van der Waals surface area contributed by atoms with E-state index in [9.17, 15) is 0 Å². The highest BCUT2D eigenvalue weighted by atomic mass is 15.3. The summed E-state index contributed by atoms with van der Waals surface area (Å²) >= 11 is 0. The number of nitrogens with one attached hydrogen (secondary N) is 1. The molecule has 7 heteroatoms. The molecule has 3 aromatic heterocycles. The van der Waals surface area contributed by atoms with E-state index in [1.807, 2.05) is 16.6 Å². The molecule has 27 heavy (non-hydrogen) atoms. The highest BCUT2D eigenvalue weighted by Gasteiger charge is 2.28. The zero-order valence-corrected chi connectivity index (χ0v) is 15.7. The van der Waals surface area contributed by atoms with Gasteiger partial charge in [0.25, 0.3) is 0 Å². The first-order valence-corrected chi connectivity index (χ1v) is 9.73. The first kappa shape index (κ1) is 16.5. The van der Waals surface area contributed by atoms with Gasteiger partial charge in [-0.3, -0.25) is 4.98 Å². The molecule has 1 saturated carbocycles. The lowest BCUT2D eigenvalue weighted by atomic mass is 10.2. The van der Waals surface area contributed by atoms with Crippen molar-refractivity contribution in [2.24, 2.45) is 0 Å². The van der Waals surface area contributed by atoms with Crippen LogP contribution < -0.4 is 10.2 Å². The number of fused-ring (bicyclic) bond motifs is 1. The summed E-state index contributed by atoms with van der Waals surface area (Å²) in [6.45, 7) is 4.93. The minimum Gasteiger partial charge on any atom is -0.379 e. The van der Waals surface area contributed by atoms with Gasteiger partial charge in [0.1, 0.15) is 0 Å². The third kappa shape index (κ3) is 3.47. The van der Waals surface area contributed by atoms with Crippen LogP contribution in [-0.2, 0) is 6.54 Å². The molecule has 4 heterocycles. The van der Waals surface area contributed by atoms with Gasteiger partial charge in [-0.15, -0.1) is 0 Å². The zero-order valence-electron chi connectivity index (χ0n) is 15.7. The summed E-state index contributed by atoms with van der Waals surface area (Å²) in [7, 11) is 2.19.